The molecule has 0 aliphatic rings. The van der Waals surface area contributed by atoms with Crippen molar-refractivity contribution in [2.75, 3.05) is 5.73 Å². The maximum atomic E-state index is 12.6. The Bertz CT molecular complexity index is 855. The second kappa shape index (κ2) is 6.73. The number of benzene rings is 2. The minimum absolute atomic E-state index is 0.169. The van der Waals surface area contributed by atoms with E-state index in [1.54, 1.807) is 13.0 Å². The molecular formula is C17H16ClF3N2O. The number of nitrogen functional groups attached to an aromatic ring is 1. The molecule has 3 aromatic rings. The number of hydrogen-bond donors (Lipinski definition) is 1. The van der Waals surface area contributed by atoms with Crippen molar-refractivity contribution in [2.45, 2.75) is 26.9 Å². The molecule has 0 bridgehead atoms. The highest BCUT2D eigenvalue weighted by molar-refractivity contribution is 6.35. The fourth-order valence-electron chi connectivity index (χ4n) is 2.11. The molecule has 3 rings (SSSR count). The molecule has 0 aliphatic heterocycles. The molecule has 0 unspecified atom stereocenters. The van der Waals surface area contributed by atoms with Crippen LogP contribution in [0.15, 0.2) is 34.7 Å². The Balaban J connectivity index is 0.00000100. The Labute approximate surface area is 142 Å². The molecule has 0 aliphatic carbocycles. The highest BCUT2D eigenvalue weighted by Crippen LogP contribution is 2.35. The lowest BCUT2D eigenvalue weighted by molar-refractivity contribution is -0.137. The van der Waals surface area contributed by atoms with Crippen LogP contribution >= 0.6 is 11.6 Å². The van der Waals surface area contributed by atoms with Crippen molar-refractivity contribution in [1.82, 2.24) is 4.98 Å². The normalized spacial score (nSPS) is 11.3. The topological polar surface area (TPSA) is 52.0 Å². The third-order valence-electron chi connectivity index (χ3n) is 3.33. The molecule has 0 saturated carbocycles. The molecule has 0 fully saturated rings. The molecular weight excluding hydrogens is 341 g/mol. The van der Waals surface area contributed by atoms with Crippen LogP contribution < -0.4 is 5.73 Å². The summed E-state index contributed by atoms with van der Waals surface area (Å²) < 4.78 is 43.2. The van der Waals surface area contributed by atoms with E-state index in [0.717, 1.165) is 17.7 Å². The lowest BCUT2D eigenvalue weighted by Gasteiger charge is -2.05. The average Bonchev–Trinajstić information content (AvgIpc) is 3.00. The smallest absolute Gasteiger partial charge is 0.416 e. The van der Waals surface area contributed by atoms with Gasteiger partial charge in [-0.3, -0.25) is 0 Å². The van der Waals surface area contributed by atoms with Gasteiger partial charge in [-0.2, -0.15) is 13.2 Å². The maximum absolute atomic E-state index is 12.6. The molecule has 0 atom stereocenters. The molecule has 7 heteroatoms. The van der Waals surface area contributed by atoms with Crippen LogP contribution in [0.3, 0.4) is 0 Å². The summed E-state index contributed by atoms with van der Waals surface area (Å²) in [6.07, 6.45) is -4.38. The van der Waals surface area contributed by atoms with Gasteiger partial charge in [-0.25, -0.2) is 4.98 Å². The van der Waals surface area contributed by atoms with Crippen molar-refractivity contribution in [1.29, 1.82) is 0 Å². The van der Waals surface area contributed by atoms with Crippen LogP contribution in [0.25, 0.3) is 22.6 Å². The first-order valence-electron chi connectivity index (χ1n) is 7.30. The Morgan fingerprint density at radius 2 is 1.71 bits per heavy atom. The predicted molar refractivity (Wildman–Crippen MR) is 90.0 cm³/mol. The zero-order valence-electron chi connectivity index (χ0n) is 13.3. The Hall–Kier alpha value is -2.21. The summed E-state index contributed by atoms with van der Waals surface area (Å²) >= 11 is 6.08. The van der Waals surface area contributed by atoms with E-state index in [-0.39, 0.29) is 5.89 Å². The predicted octanol–water partition coefficient (Wildman–Crippen LogP) is 6.08. The van der Waals surface area contributed by atoms with E-state index in [0.29, 0.717) is 27.4 Å². The number of hydrogen-bond acceptors (Lipinski definition) is 3. The van der Waals surface area contributed by atoms with Gasteiger partial charge in [0.15, 0.2) is 5.58 Å². The Morgan fingerprint density at radius 3 is 2.25 bits per heavy atom. The van der Waals surface area contributed by atoms with Gasteiger partial charge in [0.05, 0.1) is 16.3 Å². The standard InChI is InChI=1S/C15H10ClF3N2O.C2H6/c1-7-6-10(16)13-12(11(7)20)21-14(22-13)8-2-4-9(5-3-8)15(17,18)19;1-2/h2-6H,20H2,1H3;1-2H3. The van der Waals surface area contributed by atoms with Crippen molar-refractivity contribution in [3.63, 3.8) is 0 Å². The van der Waals surface area contributed by atoms with Gasteiger partial charge in [-0.05, 0) is 42.8 Å². The summed E-state index contributed by atoms with van der Waals surface area (Å²) in [6.45, 7) is 5.78. The van der Waals surface area contributed by atoms with Gasteiger partial charge in [0, 0.05) is 5.56 Å². The van der Waals surface area contributed by atoms with Gasteiger partial charge in [0.25, 0.3) is 0 Å². The second-order valence-electron chi connectivity index (χ2n) is 4.86. The lowest BCUT2D eigenvalue weighted by atomic mass is 10.1. The number of alkyl halides is 3. The van der Waals surface area contributed by atoms with Crippen LogP contribution in [0.1, 0.15) is 25.0 Å². The summed E-state index contributed by atoms with van der Waals surface area (Å²) in [4.78, 5) is 4.24. The number of nitrogens with zero attached hydrogens (tertiary/aromatic N) is 1. The molecule has 1 aromatic heterocycles. The summed E-state index contributed by atoms with van der Waals surface area (Å²) in [7, 11) is 0. The van der Waals surface area contributed by atoms with Crippen LogP contribution in [-0.2, 0) is 6.18 Å². The minimum Gasteiger partial charge on any atom is -0.434 e. The van der Waals surface area contributed by atoms with Gasteiger partial charge < -0.3 is 10.2 Å². The number of fused-ring (bicyclic) bond motifs is 1. The van der Waals surface area contributed by atoms with E-state index < -0.39 is 11.7 Å². The molecule has 2 N–H and O–H groups in total. The molecule has 24 heavy (non-hydrogen) atoms. The monoisotopic (exact) mass is 356 g/mol. The van der Waals surface area contributed by atoms with E-state index >= 15 is 0 Å². The summed E-state index contributed by atoms with van der Waals surface area (Å²) in [5, 5.41) is 0.354. The fourth-order valence-corrected chi connectivity index (χ4v) is 2.40. The third kappa shape index (κ3) is 3.33. The molecule has 2 aromatic carbocycles. The number of anilines is 1. The summed E-state index contributed by atoms with van der Waals surface area (Å²) in [5.74, 6) is 0.169. The van der Waals surface area contributed by atoms with Crippen LogP contribution in [-0.4, -0.2) is 4.98 Å². The van der Waals surface area contributed by atoms with E-state index in [4.69, 9.17) is 21.8 Å². The molecule has 0 spiro atoms. The SMILES string of the molecule is CC.Cc1cc(Cl)c2oc(-c3ccc(C(F)(F)F)cc3)nc2c1N. The highest BCUT2D eigenvalue weighted by Gasteiger charge is 2.30. The molecule has 128 valence electrons. The zero-order chi connectivity index (χ0) is 18.1. The van der Waals surface area contributed by atoms with Gasteiger partial charge >= 0.3 is 6.18 Å². The molecule has 3 nitrogen and oxygen atoms in total. The number of rotatable bonds is 1. The molecule has 0 saturated heterocycles. The van der Waals surface area contributed by atoms with E-state index in [9.17, 15) is 13.2 Å². The van der Waals surface area contributed by atoms with Crippen molar-refractivity contribution >= 4 is 28.4 Å². The quantitative estimate of drug-likeness (QED) is 0.537. The van der Waals surface area contributed by atoms with Gasteiger partial charge in [-0.1, -0.05) is 25.4 Å². The first-order valence-corrected chi connectivity index (χ1v) is 7.68. The first kappa shape index (κ1) is 18.1. The fraction of sp³-hybridized carbons (Fsp3) is 0.235. The maximum Gasteiger partial charge on any atom is 0.416 e. The van der Waals surface area contributed by atoms with Crippen molar-refractivity contribution in [2.24, 2.45) is 0 Å². The second-order valence-corrected chi connectivity index (χ2v) is 5.27. The van der Waals surface area contributed by atoms with Crippen LogP contribution in [0.5, 0.6) is 0 Å². The lowest BCUT2D eigenvalue weighted by Crippen LogP contribution is -2.03. The van der Waals surface area contributed by atoms with Crippen molar-refractivity contribution in [3.8, 4) is 11.5 Å². The Morgan fingerprint density at radius 1 is 1.12 bits per heavy atom. The number of aromatic nitrogens is 1. The zero-order valence-corrected chi connectivity index (χ0v) is 14.1. The van der Waals surface area contributed by atoms with Gasteiger partial charge in [0.2, 0.25) is 5.89 Å². The number of nitrogens with two attached hydrogens (primary N) is 1. The van der Waals surface area contributed by atoms with E-state index in [1.807, 2.05) is 13.8 Å². The molecule has 0 amide bonds. The molecule has 1 heterocycles. The average molecular weight is 357 g/mol. The summed E-state index contributed by atoms with van der Waals surface area (Å²) in [6, 6.07) is 6.19. The largest absolute Gasteiger partial charge is 0.434 e. The van der Waals surface area contributed by atoms with Crippen LogP contribution in [0.2, 0.25) is 5.02 Å². The van der Waals surface area contributed by atoms with E-state index in [1.165, 1.54) is 12.1 Å². The van der Waals surface area contributed by atoms with Gasteiger partial charge in [0.1, 0.15) is 5.52 Å². The molecule has 0 radical (unpaired) electrons. The van der Waals surface area contributed by atoms with E-state index in [2.05, 4.69) is 4.98 Å². The number of oxazole rings is 1. The van der Waals surface area contributed by atoms with Crippen molar-refractivity contribution < 1.29 is 17.6 Å². The Kier molecular flexibility index (Phi) is 5.08. The van der Waals surface area contributed by atoms with Gasteiger partial charge in [-0.15, -0.1) is 0 Å². The highest BCUT2D eigenvalue weighted by atomic mass is 35.5. The summed E-state index contributed by atoms with van der Waals surface area (Å²) in [5.41, 5.74) is 7.52. The number of halogens is 4. The number of aryl methyl sites for hydroxylation is 1. The third-order valence-corrected chi connectivity index (χ3v) is 3.61. The van der Waals surface area contributed by atoms with Crippen molar-refractivity contribution in [3.05, 3.63) is 46.5 Å². The van der Waals surface area contributed by atoms with Crippen LogP contribution in [0.4, 0.5) is 18.9 Å². The first-order chi connectivity index (χ1) is 11.3. The van der Waals surface area contributed by atoms with Crippen LogP contribution in [0, 0.1) is 6.92 Å². The minimum atomic E-state index is -4.38.